The fourth-order valence-electron chi connectivity index (χ4n) is 4.04. The van der Waals surface area contributed by atoms with Gasteiger partial charge in [0.1, 0.15) is 11.6 Å². The van der Waals surface area contributed by atoms with Gasteiger partial charge in [0.15, 0.2) is 0 Å². The molecule has 4 amide bonds. The number of hydrogen-bond donors (Lipinski definition) is 0. The lowest BCUT2D eigenvalue weighted by atomic mass is 10.2. The number of hydrogen-bond acceptors (Lipinski definition) is 6. The molecule has 0 radical (unpaired) electrons. The first-order valence-corrected chi connectivity index (χ1v) is 12.7. The van der Waals surface area contributed by atoms with Gasteiger partial charge in [-0.25, -0.2) is 18.6 Å². The summed E-state index contributed by atoms with van der Waals surface area (Å²) in [6.07, 6.45) is 0.0159. The number of carbonyl (C=O) groups is 4. The Bertz CT molecular complexity index is 1240. The van der Waals surface area contributed by atoms with Crippen LogP contribution < -0.4 is 9.80 Å². The Balaban J connectivity index is 1.28. The van der Waals surface area contributed by atoms with Gasteiger partial charge in [0.25, 0.3) is 0 Å². The molecule has 0 saturated carbocycles. The highest BCUT2D eigenvalue weighted by Gasteiger charge is 2.42. The summed E-state index contributed by atoms with van der Waals surface area (Å²) in [5.41, 5.74) is 0.680. The van der Waals surface area contributed by atoms with Crippen molar-refractivity contribution >= 4 is 58.5 Å². The van der Waals surface area contributed by atoms with Crippen LogP contribution in [-0.2, 0) is 19.2 Å². The molecule has 0 bridgehead atoms. The van der Waals surface area contributed by atoms with E-state index in [0.717, 1.165) is 9.80 Å². The number of benzene rings is 3. The Kier molecular flexibility index (Phi) is 6.63. The fourth-order valence-corrected chi connectivity index (χ4v) is 6.15. The molecule has 2 atom stereocenters. The zero-order chi connectivity index (χ0) is 25.4. The van der Waals surface area contributed by atoms with Gasteiger partial charge in [-0.1, -0.05) is 0 Å². The van der Waals surface area contributed by atoms with Crippen molar-refractivity contribution in [3.8, 4) is 0 Å². The van der Waals surface area contributed by atoms with E-state index in [9.17, 15) is 28.0 Å². The highest BCUT2D eigenvalue weighted by Crippen LogP contribution is 2.37. The summed E-state index contributed by atoms with van der Waals surface area (Å²) < 4.78 is 26.3. The standard InChI is InChI=1S/C26H18F2N2O4S2/c27-15-1-9-19(10-2-15)35-21-13-23(31)29(25(21)33)17-5-7-18(8-6-17)30-24(32)14-22(26(30)34)36-20-11-3-16(28)4-12-20/h1-12,21-22H,13-14H2/t21-,22+. The highest BCUT2D eigenvalue weighted by molar-refractivity contribution is 8.01. The summed E-state index contributed by atoms with van der Waals surface area (Å²) in [5, 5.41) is -1.26. The molecule has 3 aromatic rings. The predicted molar refractivity (Wildman–Crippen MR) is 133 cm³/mol. The van der Waals surface area contributed by atoms with Gasteiger partial charge >= 0.3 is 0 Å². The Morgan fingerprint density at radius 3 is 1.22 bits per heavy atom. The summed E-state index contributed by atoms with van der Waals surface area (Å²) in [7, 11) is 0. The molecule has 0 aliphatic carbocycles. The van der Waals surface area contributed by atoms with E-state index >= 15 is 0 Å². The average molecular weight is 525 g/mol. The monoisotopic (exact) mass is 524 g/mol. The van der Waals surface area contributed by atoms with Crippen molar-refractivity contribution in [1.82, 2.24) is 0 Å². The summed E-state index contributed by atoms with van der Waals surface area (Å²) in [4.78, 5) is 54.6. The Hall–Kier alpha value is -3.50. The van der Waals surface area contributed by atoms with Gasteiger partial charge in [0.05, 0.1) is 21.9 Å². The summed E-state index contributed by atoms with van der Waals surface area (Å²) >= 11 is 2.39. The number of carbonyl (C=O) groups excluding carboxylic acids is 4. The third-order valence-electron chi connectivity index (χ3n) is 5.76. The van der Waals surface area contributed by atoms with Crippen molar-refractivity contribution in [2.75, 3.05) is 9.80 Å². The van der Waals surface area contributed by atoms with E-state index < -0.39 is 10.5 Å². The van der Waals surface area contributed by atoms with Crippen LogP contribution in [0.5, 0.6) is 0 Å². The molecule has 0 unspecified atom stereocenters. The van der Waals surface area contributed by atoms with Gasteiger partial charge in [0, 0.05) is 22.6 Å². The van der Waals surface area contributed by atoms with E-state index in [-0.39, 0.29) is 48.1 Å². The third kappa shape index (κ3) is 4.78. The van der Waals surface area contributed by atoms with Crippen LogP contribution in [0.4, 0.5) is 20.2 Å². The molecule has 5 rings (SSSR count). The first-order valence-electron chi connectivity index (χ1n) is 11.0. The van der Waals surface area contributed by atoms with Crippen molar-refractivity contribution in [1.29, 1.82) is 0 Å². The number of thioether (sulfide) groups is 2. The third-order valence-corrected chi connectivity index (χ3v) is 8.15. The largest absolute Gasteiger partial charge is 0.274 e. The van der Waals surface area contributed by atoms with E-state index in [0.29, 0.717) is 21.2 Å². The molecule has 10 heteroatoms. The molecular weight excluding hydrogens is 506 g/mol. The molecule has 2 aliphatic heterocycles. The van der Waals surface area contributed by atoms with Gasteiger partial charge in [-0.2, -0.15) is 0 Å². The molecule has 36 heavy (non-hydrogen) atoms. The van der Waals surface area contributed by atoms with Crippen LogP contribution in [0.3, 0.4) is 0 Å². The number of halogens is 2. The minimum absolute atomic E-state index is 0.00795. The van der Waals surface area contributed by atoms with Crippen molar-refractivity contribution in [2.24, 2.45) is 0 Å². The molecule has 2 aliphatic rings. The van der Waals surface area contributed by atoms with Crippen LogP contribution in [0, 0.1) is 11.6 Å². The number of anilines is 2. The normalized spacial score (nSPS) is 20.1. The van der Waals surface area contributed by atoms with Gasteiger partial charge in [-0.05, 0) is 72.8 Å². The summed E-state index contributed by atoms with van der Waals surface area (Å²) in [6.45, 7) is 0. The second kappa shape index (κ2) is 9.87. The van der Waals surface area contributed by atoms with E-state index in [1.807, 2.05) is 0 Å². The molecule has 0 N–H and O–H groups in total. The summed E-state index contributed by atoms with van der Waals surface area (Å²) in [5.74, 6) is -2.26. The van der Waals surface area contributed by atoms with E-state index in [1.54, 1.807) is 24.3 Å². The Morgan fingerprint density at radius 2 is 0.889 bits per heavy atom. The van der Waals surface area contributed by atoms with Crippen LogP contribution in [-0.4, -0.2) is 34.1 Å². The molecule has 182 valence electrons. The van der Waals surface area contributed by atoms with Crippen LogP contribution >= 0.6 is 23.5 Å². The van der Waals surface area contributed by atoms with E-state index in [2.05, 4.69) is 0 Å². The lowest BCUT2D eigenvalue weighted by Crippen LogP contribution is -2.32. The smallest absolute Gasteiger partial charge is 0.247 e. The first-order chi connectivity index (χ1) is 17.3. The summed E-state index contributed by atoms with van der Waals surface area (Å²) in [6, 6.07) is 17.5. The van der Waals surface area contributed by atoms with Gasteiger partial charge < -0.3 is 0 Å². The number of nitrogens with zero attached hydrogens (tertiary/aromatic N) is 2. The molecular formula is C26H18F2N2O4S2. The van der Waals surface area contributed by atoms with Gasteiger partial charge in [-0.15, -0.1) is 23.5 Å². The average Bonchev–Trinajstić information content (AvgIpc) is 3.30. The number of amides is 4. The molecule has 2 fully saturated rings. The van der Waals surface area contributed by atoms with Crippen LogP contribution in [0.2, 0.25) is 0 Å². The topological polar surface area (TPSA) is 74.8 Å². The van der Waals surface area contributed by atoms with Crippen LogP contribution in [0.1, 0.15) is 12.8 Å². The molecule has 2 heterocycles. The molecule has 0 spiro atoms. The second-order valence-corrected chi connectivity index (χ2v) is 10.7. The molecule has 3 aromatic carbocycles. The maximum absolute atomic E-state index is 13.2. The predicted octanol–water partition coefficient (Wildman–Crippen LogP) is 4.81. The lowest BCUT2D eigenvalue weighted by molar-refractivity contribution is -0.122. The number of rotatable bonds is 6. The number of imide groups is 2. The maximum atomic E-state index is 13.2. The second-order valence-electron chi connectivity index (χ2n) is 8.18. The van der Waals surface area contributed by atoms with Crippen LogP contribution in [0.15, 0.2) is 82.6 Å². The minimum atomic E-state index is -0.631. The van der Waals surface area contributed by atoms with Crippen molar-refractivity contribution in [3.05, 3.63) is 84.4 Å². The van der Waals surface area contributed by atoms with Crippen molar-refractivity contribution in [2.45, 2.75) is 33.1 Å². The van der Waals surface area contributed by atoms with E-state index in [1.165, 1.54) is 72.1 Å². The Morgan fingerprint density at radius 1 is 0.556 bits per heavy atom. The van der Waals surface area contributed by atoms with Gasteiger partial charge in [-0.3, -0.25) is 19.2 Å². The zero-order valence-electron chi connectivity index (χ0n) is 18.6. The minimum Gasteiger partial charge on any atom is -0.274 e. The quantitative estimate of drug-likeness (QED) is 0.431. The van der Waals surface area contributed by atoms with Gasteiger partial charge in [0.2, 0.25) is 23.6 Å². The van der Waals surface area contributed by atoms with Crippen LogP contribution in [0.25, 0.3) is 0 Å². The van der Waals surface area contributed by atoms with Crippen molar-refractivity contribution in [3.63, 3.8) is 0 Å². The SMILES string of the molecule is O=C1C[C@H](Sc2ccc(F)cc2)C(=O)N1c1ccc(N2C(=O)C[C@@H](Sc3ccc(F)cc3)C2=O)cc1. The molecule has 2 saturated heterocycles. The zero-order valence-corrected chi connectivity index (χ0v) is 20.2. The first kappa shape index (κ1) is 24.2. The lowest BCUT2D eigenvalue weighted by Gasteiger charge is -2.18. The molecule has 0 aromatic heterocycles. The molecule has 6 nitrogen and oxygen atoms in total. The fraction of sp³-hybridized carbons (Fsp3) is 0.154. The highest BCUT2D eigenvalue weighted by atomic mass is 32.2. The van der Waals surface area contributed by atoms with Crippen molar-refractivity contribution < 1.29 is 28.0 Å². The Labute approximate surface area is 213 Å². The maximum Gasteiger partial charge on any atom is 0.247 e. The van der Waals surface area contributed by atoms with E-state index in [4.69, 9.17) is 0 Å².